The van der Waals surface area contributed by atoms with Gasteiger partial charge in [-0.2, -0.15) is 4.31 Å². The second-order valence-electron chi connectivity index (χ2n) is 11.5. The maximum atomic E-state index is 13.8. The Morgan fingerprint density at radius 1 is 1.09 bits per heavy atom. The van der Waals surface area contributed by atoms with Crippen LogP contribution in [0.25, 0.3) is 11.0 Å². The Balaban J connectivity index is 1.85. The second-order valence-corrected chi connectivity index (χ2v) is 13.6. The van der Waals surface area contributed by atoms with Gasteiger partial charge in [-0.1, -0.05) is 38.1 Å². The first-order chi connectivity index (χ1) is 16.4. The van der Waals surface area contributed by atoms with E-state index in [0.29, 0.717) is 22.3 Å². The maximum Gasteiger partial charge on any atom is 0.200 e. The molecule has 0 radical (unpaired) electrons. The fraction of sp³-hybridized carbons (Fsp3) is 0.483. The van der Waals surface area contributed by atoms with Crippen molar-refractivity contribution in [2.24, 2.45) is 5.41 Å². The van der Waals surface area contributed by atoms with E-state index in [1.165, 1.54) is 0 Å². The van der Waals surface area contributed by atoms with Crippen LogP contribution in [-0.4, -0.2) is 22.4 Å². The quantitative estimate of drug-likeness (QED) is 0.367. The monoisotopic (exact) mass is 494 g/mol. The van der Waals surface area contributed by atoms with Gasteiger partial charge in [0.05, 0.1) is 22.4 Å². The van der Waals surface area contributed by atoms with Crippen LogP contribution in [0.4, 0.5) is 11.6 Å². The minimum atomic E-state index is -1.33. The minimum Gasteiger partial charge on any atom is -0.593 e. The van der Waals surface area contributed by atoms with Gasteiger partial charge in [-0.15, -0.1) is 0 Å². The Hall–Kier alpha value is -2.44. The van der Waals surface area contributed by atoms with Crippen molar-refractivity contribution in [2.75, 3.05) is 22.3 Å². The fourth-order valence-corrected chi connectivity index (χ4v) is 5.98. The molecule has 1 aliphatic heterocycles. The van der Waals surface area contributed by atoms with Crippen molar-refractivity contribution >= 4 is 33.9 Å². The molecule has 0 unspecified atom stereocenters. The fourth-order valence-electron chi connectivity index (χ4n) is 4.68. The summed E-state index contributed by atoms with van der Waals surface area (Å²) in [6.07, 6.45) is 2.11. The van der Waals surface area contributed by atoms with Crippen molar-refractivity contribution in [2.45, 2.75) is 72.1 Å². The third-order valence-electron chi connectivity index (χ3n) is 6.93. The highest BCUT2D eigenvalue weighted by atomic mass is 32.2. The Morgan fingerprint density at radius 3 is 2.31 bits per heavy atom. The lowest BCUT2D eigenvalue weighted by molar-refractivity contribution is 0.274. The SMILES string of the molecule is Cc1cc([C@@H](C)N(c2ccccc2)[S@+]([O-])C(C)(C)C)c2oc(N3CCC(C)(C)CC3)cc(=O)c2c1. The van der Waals surface area contributed by atoms with Crippen LogP contribution < -0.4 is 14.6 Å². The molecule has 0 spiro atoms. The van der Waals surface area contributed by atoms with E-state index in [4.69, 9.17) is 4.42 Å². The zero-order chi connectivity index (χ0) is 25.5. The molecule has 0 bridgehead atoms. The molecular weight excluding hydrogens is 456 g/mol. The average Bonchev–Trinajstić information content (AvgIpc) is 2.79. The highest BCUT2D eigenvalue weighted by Gasteiger charge is 2.38. The number of nitrogens with zero attached hydrogens (tertiary/aromatic N) is 2. The lowest BCUT2D eigenvalue weighted by atomic mass is 9.83. The summed E-state index contributed by atoms with van der Waals surface area (Å²) in [6, 6.07) is 15.2. The minimum absolute atomic E-state index is 0.0357. The summed E-state index contributed by atoms with van der Waals surface area (Å²) in [5.74, 6) is 0.624. The van der Waals surface area contributed by atoms with Crippen LogP contribution >= 0.6 is 0 Å². The maximum absolute atomic E-state index is 13.8. The first-order valence-corrected chi connectivity index (χ1v) is 13.6. The molecule has 0 N–H and O–H groups in total. The molecule has 2 atom stereocenters. The number of anilines is 2. The normalized spacial score (nSPS) is 17.9. The van der Waals surface area contributed by atoms with Gasteiger partial charge in [0.15, 0.2) is 11.3 Å². The van der Waals surface area contributed by atoms with Crippen molar-refractivity contribution < 1.29 is 8.97 Å². The summed E-state index contributed by atoms with van der Waals surface area (Å²) >= 11 is -1.33. The van der Waals surface area contributed by atoms with Crippen LogP contribution in [0, 0.1) is 12.3 Å². The Kier molecular flexibility index (Phi) is 7.00. The number of hydrogen-bond acceptors (Lipinski definition) is 5. The van der Waals surface area contributed by atoms with E-state index in [-0.39, 0.29) is 11.5 Å². The first-order valence-electron chi connectivity index (χ1n) is 12.5. The summed E-state index contributed by atoms with van der Waals surface area (Å²) in [6.45, 7) is 16.3. The molecule has 2 heterocycles. The summed E-state index contributed by atoms with van der Waals surface area (Å²) in [5, 5.41) is 0.572. The number of hydrogen-bond donors (Lipinski definition) is 0. The third-order valence-corrected chi connectivity index (χ3v) is 8.86. The average molecular weight is 495 g/mol. The Morgan fingerprint density at radius 2 is 1.71 bits per heavy atom. The molecule has 4 rings (SSSR count). The van der Waals surface area contributed by atoms with E-state index in [9.17, 15) is 9.35 Å². The third kappa shape index (κ3) is 5.39. The molecule has 35 heavy (non-hydrogen) atoms. The van der Waals surface area contributed by atoms with Crippen LogP contribution in [0.15, 0.2) is 57.7 Å². The van der Waals surface area contributed by atoms with Gasteiger partial charge in [-0.3, -0.25) is 4.79 Å². The lowest BCUT2D eigenvalue weighted by Gasteiger charge is -2.38. The Bertz CT molecular complexity index is 1240. The van der Waals surface area contributed by atoms with Crippen LogP contribution in [0.1, 0.15) is 71.6 Å². The molecule has 5 nitrogen and oxygen atoms in total. The largest absolute Gasteiger partial charge is 0.593 e. The molecule has 188 valence electrons. The van der Waals surface area contributed by atoms with Gasteiger partial charge in [0.2, 0.25) is 0 Å². The van der Waals surface area contributed by atoms with Crippen molar-refractivity contribution in [1.82, 2.24) is 0 Å². The molecule has 0 amide bonds. The molecule has 6 heteroatoms. The van der Waals surface area contributed by atoms with Crippen molar-refractivity contribution in [1.29, 1.82) is 0 Å². The summed E-state index contributed by atoms with van der Waals surface area (Å²) < 4.78 is 21.8. The molecular formula is C29H38N2O3S. The number of benzene rings is 2. The lowest BCUT2D eigenvalue weighted by Crippen LogP contribution is -2.44. The highest BCUT2D eigenvalue weighted by molar-refractivity contribution is 7.94. The smallest absolute Gasteiger partial charge is 0.200 e. The van der Waals surface area contributed by atoms with E-state index in [1.807, 2.05) is 75.3 Å². The molecule has 1 aromatic heterocycles. The number of fused-ring (bicyclic) bond motifs is 1. The van der Waals surface area contributed by atoms with Gasteiger partial charge in [-0.25, -0.2) is 0 Å². The molecule has 2 aromatic carbocycles. The molecule has 1 fully saturated rings. The predicted octanol–water partition coefficient (Wildman–Crippen LogP) is 6.76. The van der Waals surface area contributed by atoms with Crippen molar-refractivity contribution in [3.63, 3.8) is 0 Å². The van der Waals surface area contributed by atoms with Crippen molar-refractivity contribution in [3.8, 4) is 0 Å². The predicted molar refractivity (Wildman–Crippen MR) is 148 cm³/mol. The van der Waals surface area contributed by atoms with Gasteiger partial charge in [0, 0.05) is 24.7 Å². The first kappa shape index (κ1) is 25.6. The van der Waals surface area contributed by atoms with E-state index in [2.05, 4.69) is 24.8 Å². The van der Waals surface area contributed by atoms with Gasteiger partial charge in [0.1, 0.15) is 16.4 Å². The zero-order valence-corrected chi connectivity index (χ0v) is 22.9. The van der Waals surface area contributed by atoms with Gasteiger partial charge < -0.3 is 13.9 Å². The standard InChI is InChI=1S/C29H38N2O3S/c1-20-17-23(21(2)31(35(33)28(3,4)5)22-11-9-8-10-12-22)27-24(18-20)25(32)19-26(34-27)30-15-13-29(6,7)14-16-30/h8-12,17-19,21H,13-16H2,1-7H3/t21-,35-/m1/s1. The number of rotatable bonds is 5. The van der Waals surface area contributed by atoms with Crippen LogP contribution in [0.5, 0.6) is 0 Å². The van der Waals surface area contributed by atoms with Crippen LogP contribution in [-0.2, 0) is 11.4 Å². The molecule has 0 aliphatic carbocycles. The topological polar surface area (TPSA) is 59.8 Å². The van der Waals surface area contributed by atoms with Crippen LogP contribution in [0.3, 0.4) is 0 Å². The molecule has 1 aliphatic rings. The Labute approximate surface area is 212 Å². The summed E-state index contributed by atoms with van der Waals surface area (Å²) in [4.78, 5) is 15.5. The van der Waals surface area contributed by atoms with Gasteiger partial charge >= 0.3 is 0 Å². The zero-order valence-electron chi connectivity index (χ0n) is 22.1. The van der Waals surface area contributed by atoms with Crippen LogP contribution in [0.2, 0.25) is 0 Å². The van der Waals surface area contributed by atoms with E-state index in [0.717, 1.165) is 42.7 Å². The van der Waals surface area contributed by atoms with Gasteiger partial charge in [-0.05, 0) is 76.6 Å². The van der Waals surface area contributed by atoms with E-state index < -0.39 is 16.1 Å². The number of aryl methyl sites for hydroxylation is 1. The summed E-state index contributed by atoms with van der Waals surface area (Å²) in [7, 11) is 0. The number of para-hydroxylation sites is 1. The van der Waals surface area contributed by atoms with Crippen molar-refractivity contribution in [3.05, 3.63) is 69.9 Å². The molecule has 3 aromatic rings. The van der Waals surface area contributed by atoms with Gasteiger partial charge in [0.25, 0.3) is 0 Å². The highest BCUT2D eigenvalue weighted by Crippen LogP contribution is 2.39. The second kappa shape index (κ2) is 9.55. The number of piperidine rings is 1. The molecule has 0 saturated carbocycles. The van der Waals surface area contributed by atoms with E-state index in [1.54, 1.807) is 6.07 Å². The summed E-state index contributed by atoms with van der Waals surface area (Å²) in [5.41, 5.74) is 3.58. The van der Waals surface area contributed by atoms with E-state index >= 15 is 0 Å². The molecule has 1 saturated heterocycles.